The lowest BCUT2D eigenvalue weighted by Crippen LogP contribution is -2.52. The van der Waals surface area contributed by atoms with Gasteiger partial charge in [-0.3, -0.25) is 9.88 Å². The Morgan fingerprint density at radius 1 is 1.05 bits per heavy atom. The van der Waals surface area contributed by atoms with E-state index >= 15 is 0 Å². The van der Waals surface area contributed by atoms with Crippen molar-refractivity contribution in [3.63, 3.8) is 0 Å². The average molecular weight is 295 g/mol. The van der Waals surface area contributed by atoms with Gasteiger partial charge in [-0.05, 0) is 68.2 Å². The molecule has 0 spiro atoms. The van der Waals surface area contributed by atoms with Crippen molar-refractivity contribution < 1.29 is 4.74 Å². The Bertz CT molecular complexity index is 606. The Kier molecular flexibility index (Phi) is 3.69. The molecule has 3 fully saturated rings. The molecule has 2 aromatic rings. The van der Waals surface area contributed by atoms with E-state index in [0.29, 0.717) is 6.10 Å². The fraction of sp³-hybridized carbons (Fsp3) is 0.389. The maximum Gasteiger partial charge on any atom is 0.119 e. The summed E-state index contributed by atoms with van der Waals surface area (Å²) in [6.45, 7) is 3.58. The molecule has 3 saturated heterocycles. The Morgan fingerprint density at radius 2 is 1.86 bits per heavy atom. The van der Waals surface area contributed by atoms with Crippen LogP contribution in [0.2, 0.25) is 0 Å². The number of pyridine rings is 1. The molecule has 1 aromatic carbocycles. The highest BCUT2D eigenvalue weighted by molar-refractivity contribution is 5.59. The lowest BCUT2D eigenvalue weighted by atomic mass is 9.86. The standard InChI is InChI=1S/C18H21N3O/c1-2-16(12-19-9-1)20-15-3-5-17(6-4-15)22-18-13-21-10-7-14(18)8-11-21/h1-6,9,12,14,18,20H,7-8,10-11,13H2. The molecular formula is C18H21N3O. The zero-order valence-corrected chi connectivity index (χ0v) is 12.6. The van der Waals surface area contributed by atoms with Crippen LogP contribution >= 0.6 is 0 Å². The van der Waals surface area contributed by atoms with Crippen molar-refractivity contribution in [1.29, 1.82) is 0 Å². The maximum atomic E-state index is 6.21. The minimum absolute atomic E-state index is 0.361. The molecule has 1 aromatic heterocycles. The van der Waals surface area contributed by atoms with Crippen LogP contribution in [0.4, 0.5) is 11.4 Å². The molecule has 4 heterocycles. The van der Waals surface area contributed by atoms with Gasteiger partial charge in [-0.25, -0.2) is 0 Å². The van der Waals surface area contributed by atoms with Crippen LogP contribution in [0, 0.1) is 5.92 Å². The first-order valence-electron chi connectivity index (χ1n) is 8.03. The molecule has 4 nitrogen and oxygen atoms in total. The van der Waals surface area contributed by atoms with Crippen molar-refractivity contribution in [2.75, 3.05) is 25.0 Å². The van der Waals surface area contributed by atoms with E-state index in [0.717, 1.165) is 29.6 Å². The summed E-state index contributed by atoms with van der Waals surface area (Å²) in [5, 5.41) is 3.34. The van der Waals surface area contributed by atoms with E-state index in [1.807, 2.05) is 18.3 Å². The second-order valence-electron chi connectivity index (χ2n) is 6.19. The molecule has 0 radical (unpaired) electrons. The van der Waals surface area contributed by atoms with Crippen LogP contribution in [0.25, 0.3) is 0 Å². The summed E-state index contributed by atoms with van der Waals surface area (Å²) in [5.74, 6) is 1.70. The molecular weight excluding hydrogens is 274 g/mol. The van der Waals surface area contributed by atoms with Crippen molar-refractivity contribution in [3.05, 3.63) is 48.8 Å². The van der Waals surface area contributed by atoms with Crippen LogP contribution in [0.1, 0.15) is 12.8 Å². The number of hydrogen-bond donors (Lipinski definition) is 1. The van der Waals surface area contributed by atoms with Gasteiger partial charge in [-0.15, -0.1) is 0 Å². The molecule has 3 aliphatic heterocycles. The number of fused-ring (bicyclic) bond motifs is 3. The fourth-order valence-corrected chi connectivity index (χ4v) is 3.44. The van der Waals surface area contributed by atoms with Gasteiger partial charge in [0, 0.05) is 18.4 Å². The van der Waals surface area contributed by atoms with Gasteiger partial charge in [0.25, 0.3) is 0 Å². The quantitative estimate of drug-likeness (QED) is 0.939. The highest BCUT2D eigenvalue weighted by Crippen LogP contribution is 2.31. The largest absolute Gasteiger partial charge is 0.489 e. The van der Waals surface area contributed by atoms with Gasteiger partial charge in [0.15, 0.2) is 0 Å². The summed E-state index contributed by atoms with van der Waals surface area (Å²) in [5.41, 5.74) is 2.04. The van der Waals surface area contributed by atoms with E-state index in [9.17, 15) is 0 Å². The average Bonchev–Trinajstić information content (AvgIpc) is 2.59. The summed E-state index contributed by atoms with van der Waals surface area (Å²) in [6.07, 6.45) is 6.52. The number of nitrogens with one attached hydrogen (secondary N) is 1. The predicted octanol–water partition coefficient (Wildman–Crippen LogP) is 3.30. The Hall–Kier alpha value is -2.07. The molecule has 2 bridgehead atoms. The monoisotopic (exact) mass is 295 g/mol. The van der Waals surface area contributed by atoms with Crippen LogP contribution in [-0.2, 0) is 0 Å². The molecule has 22 heavy (non-hydrogen) atoms. The third-order valence-corrected chi connectivity index (χ3v) is 4.69. The third kappa shape index (κ3) is 2.92. The molecule has 1 atom stereocenters. The van der Waals surface area contributed by atoms with Gasteiger partial charge < -0.3 is 10.1 Å². The highest BCUT2D eigenvalue weighted by atomic mass is 16.5. The van der Waals surface area contributed by atoms with Gasteiger partial charge in [-0.1, -0.05) is 0 Å². The first-order chi connectivity index (χ1) is 10.9. The minimum Gasteiger partial charge on any atom is -0.489 e. The zero-order valence-electron chi connectivity index (χ0n) is 12.6. The molecule has 114 valence electrons. The summed E-state index contributed by atoms with van der Waals surface area (Å²) < 4.78 is 6.21. The zero-order chi connectivity index (χ0) is 14.8. The third-order valence-electron chi connectivity index (χ3n) is 4.69. The Morgan fingerprint density at radius 3 is 2.50 bits per heavy atom. The smallest absolute Gasteiger partial charge is 0.119 e. The molecule has 3 aliphatic rings. The van der Waals surface area contributed by atoms with Crippen LogP contribution in [-0.4, -0.2) is 35.6 Å². The number of rotatable bonds is 4. The number of nitrogens with zero attached hydrogens (tertiary/aromatic N) is 2. The normalized spacial score (nSPS) is 26.6. The van der Waals surface area contributed by atoms with E-state index in [4.69, 9.17) is 4.74 Å². The Balaban J connectivity index is 1.39. The van der Waals surface area contributed by atoms with E-state index < -0.39 is 0 Å². The summed E-state index contributed by atoms with van der Waals surface area (Å²) >= 11 is 0. The van der Waals surface area contributed by atoms with Crippen LogP contribution in [0.5, 0.6) is 5.75 Å². The fourth-order valence-electron chi connectivity index (χ4n) is 3.44. The predicted molar refractivity (Wildman–Crippen MR) is 87.5 cm³/mol. The summed E-state index contributed by atoms with van der Waals surface area (Å²) in [7, 11) is 0. The number of piperidine rings is 3. The first-order valence-corrected chi connectivity index (χ1v) is 8.03. The van der Waals surface area contributed by atoms with Crippen molar-refractivity contribution >= 4 is 11.4 Å². The van der Waals surface area contributed by atoms with Gasteiger partial charge >= 0.3 is 0 Å². The van der Waals surface area contributed by atoms with Crippen molar-refractivity contribution in [3.8, 4) is 5.75 Å². The lowest BCUT2D eigenvalue weighted by molar-refractivity contribution is -0.00775. The van der Waals surface area contributed by atoms with Crippen molar-refractivity contribution in [2.24, 2.45) is 5.92 Å². The number of aromatic nitrogens is 1. The first kappa shape index (κ1) is 13.6. The molecule has 0 saturated carbocycles. The Labute approximate surface area is 131 Å². The van der Waals surface area contributed by atoms with Gasteiger partial charge in [0.2, 0.25) is 0 Å². The van der Waals surface area contributed by atoms with Crippen molar-refractivity contribution in [2.45, 2.75) is 18.9 Å². The maximum absolute atomic E-state index is 6.21. The SMILES string of the molecule is c1cncc(Nc2ccc(OC3CN4CCC3CC4)cc2)c1. The van der Waals surface area contributed by atoms with Crippen LogP contribution < -0.4 is 10.1 Å². The van der Waals surface area contributed by atoms with Crippen LogP contribution in [0.15, 0.2) is 48.8 Å². The van der Waals surface area contributed by atoms with E-state index in [1.54, 1.807) is 6.20 Å². The second-order valence-corrected chi connectivity index (χ2v) is 6.19. The molecule has 4 heteroatoms. The summed E-state index contributed by atoms with van der Waals surface area (Å²) in [6, 6.07) is 12.2. The number of hydrogen-bond acceptors (Lipinski definition) is 4. The topological polar surface area (TPSA) is 37.4 Å². The van der Waals surface area contributed by atoms with Crippen molar-refractivity contribution in [1.82, 2.24) is 9.88 Å². The molecule has 1 unspecified atom stereocenters. The van der Waals surface area contributed by atoms with E-state index in [2.05, 4.69) is 39.5 Å². The molecule has 0 aliphatic carbocycles. The van der Waals surface area contributed by atoms with Gasteiger partial charge in [0.05, 0.1) is 11.9 Å². The van der Waals surface area contributed by atoms with E-state index in [-0.39, 0.29) is 0 Å². The second kappa shape index (κ2) is 5.97. The summed E-state index contributed by atoms with van der Waals surface area (Å²) in [4.78, 5) is 6.62. The molecule has 5 rings (SSSR count). The van der Waals surface area contributed by atoms with Gasteiger partial charge in [-0.2, -0.15) is 0 Å². The van der Waals surface area contributed by atoms with Gasteiger partial charge in [0.1, 0.15) is 11.9 Å². The minimum atomic E-state index is 0.361. The van der Waals surface area contributed by atoms with Crippen LogP contribution in [0.3, 0.4) is 0 Å². The highest BCUT2D eigenvalue weighted by Gasteiger charge is 2.35. The molecule has 0 amide bonds. The van der Waals surface area contributed by atoms with E-state index in [1.165, 1.54) is 25.9 Å². The molecule has 1 N–H and O–H groups in total. The lowest BCUT2D eigenvalue weighted by Gasteiger charge is -2.44. The number of ether oxygens (including phenoxy) is 1. The number of anilines is 2. The number of benzene rings is 1.